The van der Waals surface area contributed by atoms with E-state index in [-0.39, 0.29) is 77.2 Å². The van der Waals surface area contributed by atoms with Gasteiger partial charge >= 0.3 is 10.3 Å². The highest BCUT2D eigenvalue weighted by Crippen LogP contribution is 2.37. The summed E-state index contributed by atoms with van der Waals surface area (Å²) in [6.45, 7) is 6.03. The van der Waals surface area contributed by atoms with E-state index in [1.54, 1.807) is 56.4 Å². The Morgan fingerprint density at radius 2 is 1.17 bits per heavy atom. The number of halogens is 6. The molecule has 16 nitrogen and oxygen atoms in total. The van der Waals surface area contributed by atoms with Crippen LogP contribution in [0.2, 0.25) is 20.1 Å². The number of rotatable bonds is 15. The number of amides is 2. The van der Waals surface area contributed by atoms with Gasteiger partial charge in [-0.3, -0.25) is 19.6 Å². The lowest BCUT2D eigenvalue weighted by Gasteiger charge is -2.41. The molecule has 0 bridgehead atoms. The van der Waals surface area contributed by atoms with E-state index < -0.39 is 43.1 Å². The fourth-order valence-corrected chi connectivity index (χ4v) is 10.8. The summed E-state index contributed by atoms with van der Waals surface area (Å²) >= 11 is 24.0. The standard InChI is InChI=1S/C20H23Cl2FN4O3S.C18H18Cl2FN3O.C8H11NO4S/c1-2-26-31(29,30)27-10-7-20(8-11-27,18-17(23)4-3-9-24-18)13-25-19(28)15-6-5-14(21)12-16(15)22;19-12-3-4-13(14(20)10-12)17(25)24-11-18(5-8-22-9-6-18)16-15(21)2-1-7-23-16;1-2-9-14(11,12)13-8-6-4-3-5-7(8)10/h3-6,9,12,26H,2,7-8,10-11,13H2,1H3,(H,25,28);1-4,7,10,22H,5-6,8-9,11H2,(H,24,25);3-6,9-10H,2H2,1H3. The van der Waals surface area contributed by atoms with Crippen LogP contribution in [0.3, 0.4) is 0 Å². The largest absolute Gasteiger partial charge is 0.504 e. The van der Waals surface area contributed by atoms with Crippen molar-refractivity contribution in [2.24, 2.45) is 0 Å². The molecule has 0 saturated carbocycles. The Morgan fingerprint density at radius 1 is 0.700 bits per heavy atom. The molecule has 0 aliphatic carbocycles. The number of pyridine rings is 2. The van der Waals surface area contributed by atoms with Gasteiger partial charge in [-0.2, -0.15) is 25.9 Å². The first-order valence-electron chi connectivity index (χ1n) is 21.9. The smallest absolute Gasteiger partial charge is 0.382 e. The number of aromatic nitrogens is 2. The van der Waals surface area contributed by atoms with Crippen LogP contribution in [0.4, 0.5) is 8.78 Å². The van der Waals surface area contributed by atoms with Crippen LogP contribution in [0.5, 0.6) is 11.5 Å². The number of hydrogen-bond acceptors (Lipinski definition) is 11. The minimum atomic E-state index is -3.82. The normalized spacial score (nSPS) is 15.5. The molecule has 2 aliphatic heterocycles. The van der Waals surface area contributed by atoms with Crippen molar-refractivity contribution in [2.75, 3.05) is 52.4 Å². The summed E-state index contributed by atoms with van der Waals surface area (Å²) in [7, 11) is -7.43. The van der Waals surface area contributed by atoms with E-state index in [2.05, 4.69) is 39.5 Å². The predicted molar refractivity (Wildman–Crippen MR) is 266 cm³/mol. The molecule has 378 valence electrons. The Hall–Kier alpha value is -4.74. The third-order valence-electron chi connectivity index (χ3n) is 11.3. The van der Waals surface area contributed by atoms with E-state index >= 15 is 0 Å². The molecule has 70 heavy (non-hydrogen) atoms. The van der Waals surface area contributed by atoms with Gasteiger partial charge in [0.25, 0.3) is 22.0 Å². The van der Waals surface area contributed by atoms with Gasteiger partial charge in [0, 0.05) is 72.5 Å². The van der Waals surface area contributed by atoms with Gasteiger partial charge in [-0.15, -0.1) is 0 Å². The second kappa shape index (κ2) is 25.6. The first kappa shape index (κ1) is 56.2. The van der Waals surface area contributed by atoms with Crippen LogP contribution in [-0.2, 0) is 31.3 Å². The van der Waals surface area contributed by atoms with Gasteiger partial charge in [0.05, 0.1) is 32.6 Å². The highest BCUT2D eigenvalue weighted by Gasteiger charge is 2.42. The van der Waals surface area contributed by atoms with E-state index in [9.17, 15) is 40.3 Å². The molecule has 2 amide bonds. The summed E-state index contributed by atoms with van der Waals surface area (Å²) in [5.41, 5.74) is -0.202. The third kappa shape index (κ3) is 15.1. The van der Waals surface area contributed by atoms with Crippen LogP contribution < -0.4 is 29.6 Å². The lowest BCUT2D eigenvalue weighted by Crippen LogP contribution is -2.53. The highest BCUT2D eigenvalue weighted by atomic mass is 35.5. The minimum Gasteiger partial charge on any atom is -0.504 e. The molecule has 2 aromatic heterocycles. The van der Waals surface area contributed by atoms with Gasteiger partial charge in [-0.1, -0.05) is 72.4 Å². The van der Waals surface area contributed by atoms with Gasteiger partial charge in [-0.25, -0.2) is 13.5 Å². The van der Waals surface area contributed by atoms with Gasteiger partial charge in [0.2, 0.25) is 0 Å². The first-order valence-corrected chi connectivity index (χ1v) is 26.2. The molecular weight excluding hydrogens is 1040 g/mol. The monoisotopic (exact) mass is 1090 g/mol. The van der Waals surface area contributed by atoms with E-state index in [4.69, 9.17) is 46.4 Å². The second-order valence-electron chi connectivity index (χ2n) is 16.0. The molecule has 0 atom stereocenters. The van der Waals surface area contributed by atoms with Crippen molar-refractivity contribution < 1.29 is 44.5 Å². The Labute approximate surface area is 426 Å². The van der Waals surface area contributed by atoms with Crippen LogP contribution in [0, 0.1) is 11.6 Å². The number of hydrogen-bond donors (Lipinski definition) is 6. The number of nitrogens with zero attached hydrogens (tertiary/aromatic N) is 3. The van der Waals surface area contributed by atoms with Crippen molar-refractivity contribution in [2.45, 2.75) is 50.4 Å². The maximum absolute atomic E-state index is 14.7. The maximum Gasteiger partial charge on any atom is 0.382 e. The van der Waals surface area contributed by atoms with Crippen LogP contribution in [0.1, 0.15) is 71.6 Å². The SMILES string of the molecule is CCNS(=O)(=O)N1CCC(CNC(=O)c2ccc(Cl)cc2Cl)(c2ncccc2F)CC1.CCNS(=O)(=O)Oc1ccccc1O.O=C(NCC1(c2ncccc2F)CCNCC1)c1ccc(Cl)cc1Cl. The fourth-order valence-electron chi connectivity index (χ4n) is 7.77. The molecule has 4 heterocycles. The van der Waals surface area contributed by atoms with Crippen molar-refractivity contribution >= 4 is 78.7 Å². The van der Waals surface area contributed by atoms with E-state index in [0.717, 1.165) is 13.1 Å². The van der Waals surface area contributed by atoms with Crippen molar-refractivity contribution in [3.63, 3.8) is 0 Å². The summed E-state index contributed by atoms with van der Waals surface area (Å²) in [5.74, 6) is -1.88. The van der Waals surface area contributed by atoms with Gasteiger partial charge < -0.3 is 25.2 Å². The Bertz CT molecular complexity index is 2820. The van der Waals surface area contributed by atoms with Crippen molar-refractivity contribution in [1.29, 1.82) is 0 Å². The average Bonchev–Trinajstić information content (AvgIpc) is 3.32. The maximum atomic E-state index is 14.7. The van der Waals surface area contributed by atoms with Gasteiger partial charge in [0.1, 0.15) is 11.6 Å². The van der Waals surface area contributed by atoms with Gasteiger partial charge in [-0.05, 0) is 112 Å². The van der Waals surface area contributed by atoms with E-state index in [0.29, 0.717) is 53.5 Å². The number of benzene rings is 3. The lowest BCUT2D eigenvalue weighted by molar-refractivity contribution is 0.0926. The molecule has 2 fully saturated rings. The van der Waals surface area contributed by atoms with E-state index in [1.807, 2.05) is 0 Å². The first-order chi connectivity index (χ1) is 33.2. The highest BCUT2D eigenvalue weighted by molar-refractivity contribution is 7.87. The summed E-state index contributed by atoms with van der Waals surface area (Å²) in [4.78, 5) is 33.7. The number of phenolic OH excluding ortho intramolecular Hbond substituents is 1. The molecule has 7 rings (SSSR count). The molecular formula is C46H52Cl4F2N8O8S2. The third-order valence-corrected chi connectivity index (χ3v) is 15.2. The van der Waals surface area contributed by atoms with Crippen LogP contribution in [-0.4, -0.2) is 100 Å². The average molecular weight is 1090 g/mol. The Balaban J connectivity index is 0.000000209. The molecule has 24 heteroatoms. The molecule has 5 aromatic rings. The summed E-state index contributed by atoms with van der Waals surface area (Å²) < 4.78 is 86.4. The quantitative estimate of drug-likeness (QED) is 0.0609. The fraction of sp³-hybridized carbons (Fsp3) is 0.348. The number of para-hydroxylation sites is 2. The summed E-state index contributed by atoms with van der Waals surface area (Å²) in [5, 5.41) is 19.6. The molecule has 3 aromatic carbocycles. The Kier molecular flexibility index (Phi) is 20.5. The number of aromatic hydroxyl groups is 1. The van der Waals surface area contributed by atoms with Gasteiger partial charge in [0.15, 0.2) is 11.5 Å². The zero-order valence-electron chi connectivity index (χ0n) is 38.0. The van der Waals surface area contributed by atoms with E-state index in [1.165, 1.54) is 59.0 Å². The second-order valence-corrected chi connectivity index (χ2v) is 20.8. The zero-order valence-corrected chi connectivity index (χ0v) is 42.6. The number of carbonyl (C=O) groups is 2. The number of carbonyl (C=O) groups excluding carboxylic acids is 2. The number of phenols is 1. The lowest BCUT2D eigenvalue weighted by atomic mass is 9.75. The number of piperidine rings is 2. The topological polar surface area (TPSA) is 221 Å². The summed E-state index contributed by atoms with van der Waals surface area (Å²) in [6, 6.07) is 20.9. The van der Waals surface area contributed by atoms with Crippen molar-refractivity contribution in [3.05, 3.63) is 152 Å². The molecule has 0 radical (unpaired) electrons. The summed E-state index contributed by atoms with van der Waals surface area (Å²) in [6.07, 6.45) is 5.03. The van der Waals surface area contributed by atoms with Crippen molar-refractivity contribution in [3.8, 4) is 11.5 Å². The molecule has 2 saturated heterocycles. The van der Waals surface area contributed by atoms with Crippen LogP contribution >= 0.6 is 46.4 Å². The molecule has 6 N–H and O–H groups in total. The molecule has 0 spiro atoms. The van der Waals surface area contributed by atoms with Crippen LogP contribution in [0.15, 0.2) is 97.3 Å². The number of nitrogens with one attached hydrogen (secondary N) is 5. The molecule has 0 unspecified atom stereocenters. The predicted octanol–water partition coefficient (Wildman–Crippen LogP) is 7.35. The van der Waals surface area contributed by atoms with Crippen molar-refractivity contribution in [1.82, 2.24) is 39.7 Å². The zero-order chi connectivity index (χ0) is 51.1. The molecule has 2 aliphatic rings. The minimum absolute atomic E-state index is 0.0772. The van der Waals surface area contributed by atoms with Crippen LogP contribution in [0.25, 0.3) is 0 Å². The Morgan fingerprint density at radius 3 is 1.61 bits per heavy atom.